The van der Waals surface area contributed by atoms with Crippen LogP contribution in [0.3, 0.4) is 0 Å². The minimum atomic E-state index is -0.480. The highest BCUT2D eigenvalue weighted by Crippen LogP contribution is 2.28. The van der Waals surface area contributed by atoms with Crippen LogP contribution in [0.5, 0.6) is 11.5 Å². The maximum atomic E-state index is 12.5. The van der Waals surface area contributed by atoms with Gasteiger partial charge in [0.15, 0.2) is 17.3 Å². The molecule has 0 saturated carbocycles. The van der Waals surface area contributed by atoms with Crippen LogP contribution in [0.2, 0.25) is 0 Å². The Balaban J connectivity index is 2.55. The monoisotopic (exact) mass is 375 g/mol. The van der Waals surface area contributed by atoms with Crippen LogP contribution in [-0.4, -0.2) is 24.1 Å². The fourth-order valence-electron chi connectivity index (χ4n) is 2.24. The van der Waals surface area contributed by atoms with Crippen LogP contribution < -0.4 is 24.2 Å². The SMILES string of the molecule is CCOc1cc(/C=c2\s/c(=C\C(=O)C(C)(C)C)n(C)c2=O)ccc1OC. The Hall–Kier alpha value is -2.34. The van der Waals surface area contributed by atoms with Gasteiger partial charge in [0.2, 0.25) is 0 Å². The number of ether oxygens (including phenoxy) is 2. The molecule has 140 valence electrons. The molecule has 0 N–H and O–H groups in total. The second-order valence-electron chi connectivity index (χ2n) is 6.91. The van der Waals surface area contributed by atoms with Crippen LogP contribution in [-0.2, 0) is 11.8 Å². The lowest BCUT2D eigenvalue weighted by Gasteiger charge is -2.12. The average molecular weight is 375 g/mol. The van der Waals surface area contributed by atoms with Crippen LogP contribution >= 0.6 is 11.3 Å². The van der Waals surface area contributed by atoms with Crippen LogP contribution in [0.15, 0.2) is 23.0 Å². The first-order chi connectivity index (χ1) is 12.2. The molecule has 26 heavy (non-hydrogen) atoms. The van der Waals surface area contributed by atoms with E-state index in [9.17, 15) is 9.59 Å². The molecule has 1 heterocycles. The highest BCUT2D eigenvalue weighted by atomic mass is 32.1. The molecule has 0 amide bonds. The Morgan fingerprint density at radius 1 is 1.27 bits per heavy atom. The summed E-state index contributed by atoms with van der Waals surface area (Å²) in [4.78, 5) is 24.8. The molecule has 0 bridgehead atoms. The second-order valence-corrected chi connectivity index (χ2v) is 7.98. The molecule has 1 aromatic heterocycles. The van der Waals surface area contributed by atoms with Gasteiger partial charge in [-0.05, 0) is 30.7 Å². The third-order valence-corrected chi connectivity index (χ3v) is 4.95. The second kappa shape index (κ2) is 7.91. The first kappa shape index (κ1) is 20.0. The Labute approximate surface area is 157 Å². The van der Waals surface area contributed by atoms with Crippen molar-refractivity contribution >= 4 is 29.3 Å². The number of Topliss-reactive ketones (excluding diaryl/α,β-unsaturated/α-hetero) is 1. The minimum Gasteiger partial charge on any atom is -0.493 e. The topological polar surface area (TPSA) is 57.5 Å². The molecule has 0 aliphatic rings. The average Bonchev–Trinajstić information content (AvgIpc) is 2.83. The smallest absolute Gasteiger partial charge is 0.268 e. The van der Waals surface area contributed by atoms with Crippen LogP contribution in [0.1, 0.15) is 33.3 Å². The first-order valence-electron chi connectivity index (χ1n) is 8.42. The number of hydrogen-bond donors (Lipinski definition) is 0. The summed E-state index contributed by atoms with van der Waals surface area (Å²) in [5.74, 6) is 1.27. The molecule has 0 radical (unpaired) electrons. The lowest BCUT2D eigenvalue weighted by atomic mass is 9.91. The van der Waals surface area contributed by atoms with Gasteiger partial charge in [0.25, 0.3) is 5.56 Å². The van der Waals surface area contributed by atoms with Gasteiger partial charge in [-0.15, -0.1) is 11.3 Å². The molecular formula is C20H25NO4S. The van der Waals surface area contributed by atoms with Crippen molar-refractivity contribution in [2.75, 3.05) is 13.7 Å². The minimum absolute atomic E-state index is 0.0102. The predicted octanol–water partition coefficient (Wildman–Crippen LogP) is 2.08. The number of nitrogens with zero attached hydrogens (tertiary/aromatic N) is 1. The zero-order valence-corrected chi connectivity index (χ0v) is 16.9. The van der Waals surface area contributed by atoms with Crippen molar-refractivity contribution in [3.8, 4) is 11.5 Å². The molecule has 2 rings (SSSR count). The van der Waals surface area contributed by atoms with Gasteiger partial charge in [-0.2, -0.15) is 0 Å². The molecule has 2 aromatic rings. The van der Waals surface area contributed by atoms with Gasteiger partial charge in [-0.1, -0.05) is 26.8 Å². The highest BCUT2D eigenvalue weighted by molar-refractivity contribution is 7.07. The molecule has 0 saturated heterocycles. The Bertz CT molecular complexity index is 977. The lowest BCUT2D eigenvalue weighted by molar-refractivity contribution is -0.120. The third-order valence-electron chi connectivity index (χ3n) is 3.84. The van der Waals surface area contributed by atoms with Gasteiger partial charge in [0.1, 0.15) is 4.66 Å². The quantitative estimate of drug-likeness (QED) is 0.803. The fraction of sp³-hybridized carbons (Fsp3) is 0.400. The van der Waals surface area contributed by atoms with Gasteiger partial charge < -0.3 is 14.0 Å². The summed E-state index contributed by atoms with van der Waals surface area (Å²) in [5, 5.41) is 0. The van der Waals surface area contributed by atoms with E-state index in [1.807, 2.05) is 45.9 Å². The Morgan fingerprint density at radius 2 is 1.96 bits per heavy atom. The molecule has 0 aliphatic heterocycles. The normalized spacial score (nSPS) is 13.2. The largest absolute Gasteiger partial charge is 0.493 e. The molecule has 1 aromatic carbocycles. The molecule has 5 nitrogen and oxygen atoms in total. The summed E-state index contributed by atoms with van der Waals surface area (Å²) in [6, 6.07) is 5.51. The number of benzene rings is 1. The van der Waals surface area contributed by atoms with Crippen LogP contribution in [0, 0.1) is 5.41 Å². The van der Waals surface area contributed by atoms with Crippen molar-refractivity contribution < 1.29 is 14.3 Å². The predicted molar refractivity (Wildman–Crippen MR) is 105 cm³/mol. The van der Waals surface area contributed by atoms with E-state index < -0.39 is 5.41 Å². The summed E-state index contributed by atoms with van der Waals surface area (Å²) >= 11 is 1.30. The molecular weight excluding hydrogens is 350 g/mol. The summed E-state index contributed by atoms with van der Waals surface area (Å²) in [7, 11) is 3.27. The summed E-state index contributed by atoms with van der Waals surface area (Å²) in [6.07, 6.45) is 3.34. The maximum Gasteiger partial charge on any atom is 0.268 e. The molecule has 0 unspecified atom stereocenters. The van der Waals surface area contributed by atoms with Gasteiger partial charge in [0, 0.05) is 18.5 Å². The number of methoxy groups -OCH3 is 1. The Kier molecular flexibility index (Phi) is 6.08. The number of ketones is 1. The van der Waals surface area contributed by atoms with Crippen molar-refractivity contribution in [2.24, 2.45) is 12.5 Å². The van der Waals surface area contributed by atoms with Gasteiger partial charge in [-0.25, -0.2) is 0 Å². The number of thiazole rings is 1. The van der Waals surface area contributed by atoms with E-state index in [0.717, 1.165) is 5.56 Å². The fourth-order valence-corrected chi connectivity index (χ4v) is 3.27. The molecule has 0 aliphatic carbocycles. The van der Waals surface area contributed by atoms with Gasteiger partial charge in [0.05, 0.1) is 18.2 Å². The van der Waals surface area contributed by atoms with E-state index in [1.165, 1.54) is 15.9 Å². The summed E-state index contributed by atoms with van der Waals surface area (Å²) < 4.78 is 13.6. The molecule has 0 atom stereocenters. The molecule has 0 spiro atoms. The number of aromatic nitrogens is 1. The number of carbonyl (C=O) groups is 1. The van der Waals surface area contributed by atoms with E-state index in [2.05, 4.69) is 0 Å². The summed E-state index contributed by atoms with van der Waals surface area (Å²) in [5.41, 5.74) is 0.227. The number of hydrogen-bond acceptors (Lipinski definition) is 5. The van der Waals surface area contributed by atoms with E-state index >= 15 is 0 Å². The van der Waals surface area contributed by atoms with E-state index in [1.54, 1.807) is 26.3 Å². The third kappa shape index (κ3) is 4.43. The number of rotatable bonds is 5. The van der Waals surface area contributed by atoms with E-state index in [0.29, 0.717) is 27.3 Å². The molecule has 6 heteroatoms. The number of carbonyl (C=O) groups excluding carboxylic acids is 1. The van der Waals surface area contributed by atoms with Crippen LogP contribution in [0.25, 0.3) is 12.2 Å². The zero-order chi connectivity index (χ0) is 19.5. The van der Waals surface area contributed by atoms with Crippen LogP contribution in [0.4, 0.5) is 0 Å². The Morgan fingerprint density at radius 3 is 2.54 bits per heavy atom. The first-order valence-corrected chi connectivity index (χ1v) is 9.23. The maximum absolute atomic E-state index is 12.5. The van der Waals surface area contributed by atoms with Crippen molar-refractivity contribution in [1.82, 2.24) is 4.57 Å². The summed E-state index contributed by atoms with van der Waals surface area (Å²) in [6.45, 7) is 8.00. The van der Waals surface area contributed by atoms with E-state index in [4.69, 9.17) is 9.47 Å². The zero-order valence-electron chi connectivity index (χ0n) is 16.1. The van der Waals surface area contributed by atoms with E-state index in [-0.39, 0.29) is 11.3 Å². The van der Waals surface area contributed by atoms with Gasteiger partial charge >= 0.3 is 0 Å². The lowest BCUT2D eigenvalue weighted by Crippen LogP contribution is -2.30. The highest BCUT2D eigenvalue weighted by Gasteiger charge is 2.19. The van der Waals surface area contributed by atoms with Crippen molar-refractivity contribution in [3.63, 3.8) is 0 Å². The van der Waals surface area contributed by atoms with Crippen molar-refractivity contribution in [3.05, 3.63) is 43.3 Å². The standard InChI is InChI=1S/C20H25NO4S/c1-7-25-15-10-13(8-9-14(15)24-6)11-16-19(23)21(5)18(26-16)12-17(22)20(2,3)4/h8-12H,7H2,1-6H3/b16-11-,18-12-. The molecule has 0 fully saturated rings. The van der Waals surface area contributed by atoms with Crippen molar-refractivity contribution in [2.45, 2.75) is 27.7 Å². The van der Waals surface area contributed by atoms with Crippen molar-refractivity contribution in [1.29, 1.82) is 0 Å². The van der Waals surface area contributed by atoms with Gasteiger partial charge in [-0.3, -0.25) is 9.59 Å².